The minimum Gasteiger partial charge on any atom is -0.506 e. The van der Waals surface area contributed by atoms with Gasteiger partial charge in [-0.2, -0.15) is 0 Å². The predicted octanol–water partition coefficient (Wildman–Crippen LogP) is 5.08. The van der Waals surface area contributed by atoms with Crippen LogP contribution >= 0.6 is 0 Å². The number of carbonyl (C=O) groups is 4. The number of nitrogens with one attached hydrogen (secondary N) is 5. The third kappa shape index (κ3) is 13.8. The molecule has 4 aromatic carbocycles. The Hall–Kier alpha value is -6.12. The first-order valence-electron chi connectivity index (χ1n) is 19.4. The Bertz CT molecular complexity index is 1970. The lowest BCUT2D eigenvalue weighted by molar-refractivity contribution is -0.133. The molecule has 4 rings (SSSR count). The Labute approximate surface area is 346 Å². The number of hydrogen-bond acceptors (Lipinski definition) is 10. The summed E-state index contributed by atoms with van der Waals surface area (Å²) in [5.74, 6) is -1.58. The Morgan fingerprint density at radius 3 is 1.83 bits per heavy atom. The average molecular weight is 812 g/mol. The van der Waals surface area contributed by atoms with Gasteiger partial charge in [0.2, 0.25) is 17.7 Å². The number of phenols is 1. The van der Waals surface area contributed by atoms with Crippen molar-refractivity contribution < 1.29 is 43.6 Å². The molecule has 0 saturated carbocycles. The maximum atomic E-state index is 14.4. The Kier molecular flexibility index (Phi) is 16.7. The van der Waals surface area contributed by atoms with Gasteiger partial charge < -0.3 is 45.7 Å². The number of rotatable bonds is 19. The lowest BCUT2D eigenvalue weighted by Crippen LogP contribution is -2.63. The molecule has 7 N–H and O–H groups in total. The first-order valence-corrected chi connectivity index (χ1v) is 19.4. The number of carbonyl (C=O) groups excluding carboxylic acids is 4. The normalized spacial score (nSPS) is 13.8. The van der Waals surface area contributed by atoms with Crippen molar-refractivity contribution in [3.63, 3.8) is 0 Å². The molecule has 4 amide bonds. The Balaban J connectivity index is 1.63. The topological polar surface area (TPSA) is 197 Å². The van der Waals surface area contributed by atoms with Gasteiger partial charge in [-0.1, -0.05) is 107 Å². The van der Waals surface area contributed by atoms with E-state index in [1.807, 2.05) is 60.7 Å². The van der Waals surface area contributed by atoms with Crippen LogP contribution in [0.2, 0.25) is 0 Å². The zero-order valence-corrected chi connectivity index (χ0v) is 34.7. The summed E-state index contributed by atoms with van der Waals surface area (Å²) in [5.41, 5.74) is 1.60. The van der Waals surface area contributed by atoms with Gasteiger partial charge in [0.1, 0.15) is 42.0 Å². The van der Waals surface area contributed by atoms with E-state index in [0.29, 0.717) is 11.5 Å². The SMILES string of the molecule is COc1ccc(CN[C@@H](C(=O)N[C@H](C(=O)Nc2ccc(OC)cc2O)C(C)C)[C@H](O)[C@H](Cc2ccccc2)NC(=O)[C@@H](NC(=O)OCc2ccccc2)C(C)(C)C)cc1. The lowest BCUT2D eigenvalue weighted by atomic mass is 9.85. The van der Waals surface area contributed by atoms with Crippen LogP contribution < -0.4 is 36.1 Å². The molecule has 0 heterocycles. The number of aromatic hydroxyl groups is 1. The molecule has 0 radical (unpaired) electrons. The van der Waals surface area contributed by atoms with Gasteiger partial charge in [-0.15, -0.1) is 0 Å². The monoisotopic (exact) mass is 811 g/mol. The van der Waals surface area contributed by atoms with E-state index in [1.54, 1.807) is 72.1 Å². The van der Waals surface area contributed by atoms with Crippen LogP contribution in [-0.2, 0) is 38.7 Å². The number of ether oxygens (including phenoxy) is 3. The largest absolute Gasteiger partial charge is 0.506 e. The van der Waals surface area contributed by atoms with E-state index >= 15 is 0 Å². The molecular formula is C45H57N5O9. The van der Waals surface area contributed by atoms with Crippen molar-refractivity contribution in [2.75, 3.05) is 19.5 Å². The molecule has 0 aliphatic heterocycles. The van der Waals surface area contributed by atoms with Crippen LogP contribution in [0.1, 0.15) is 51.3 Å². The molecule has 59 heavy (non-hydrogen) atoms. The predicted molar refractivity (Wildman–Crippen MR) is 225 cm³/mol. The summed E-state index contributed by atoms with van der Waals surface area (Å²) < 4.78 is 15.9. The third-order valence-electron chi connectivity index (χ3n) is 9.66. The van der Waals surface area contributed by atoms with Gasteiger partial charge in [0.25, 0.3) is 0 Å². The quantitative estimate of drug-likeness (QED) is 0.0628. The minimum atomic E-state index is -1.58. The second-order valence-corrected chi connectivity index (χ2v) is 15.6. The highest BCUT2D eigenvalue weighted by Crippen LogP contribution is 2.28. The fourth-order valence-corrected chi connectivity index (χ4v) is 6.25. The van der Waals surface area contributed by atoms with Gasteiger partial charge in [0, 0.05) is 12.6 Å². The maximum Gasteiger partial charge on any atom is 0.408 e. The number of hydrogen-bond donors (Lipinski definition) is 7. The van der Waals surface area contributed by atoms with Crippen molar-refractivity contribution in [3.8, 4) is 17.2 Å². The maximum absolute atomic E-state index is 14.4. The molecule has 14 heteroatoms. The van der Waals surface area contributed by atoms with Crippen molar-refractivity contribution in [2.24, 2.45) is 11.3 Å². The van der Waals surface area contributed by atoms with Crippen molar-refractivity contribution in [1.82, 2.24) is 21.3 Å². The van der Waals surface area contributed by atoms with Crippen LogP contribution in [0.15, 0.2) is 103 Å². The highest BCUT2D eigenvalue weighted by molar-refractivity contribution is 5.99. The molecule has 316 valence electrons. The van der Waals surface area contributed by atoms with E-state index in [1.165, 1.54) is 19.2 Å². The first-order chi connectivity index (χ1) is 28.1. The van der Waals surface area contributed by atoms with E-state index in [0.717, 1.165) is 16.7 Å². The first kappa shape index (κ1) is 45.6. The molecule has 4 aromatic rings. The minimum absolute atomic E-state index is 0.00614. The number of methoxy groups -OCH3 is 2. The molecule has 0 fully saturated rings. The Morgan fingerprint density at radius 1 is 0.678 bits per heavy atom. The van der Waals surface area contributed by atoms with Crippen LogP contribution in [0.4, 0.5) is 10.5 Å². The van der Waals surface area contributed by atoms with E-state index in [2.05, 4.69) is 26.6 Å². The fraction of sp³-hybridized carbons (Fsp3) is 0.378. The third-order valence-corrected chi connectivity index (χ3v) is 9.66. The molecule has 0 aliphatic carbocycles. The van der Waals surface area contributed by atoms with Crippen LogP contribution in [-0.4, -0.2) is 78.5 Å². The van der Waals surface area contributed by atoms with E-state index in [-0.39, 0.29) is 31.0 Å². The Morgan fingerprint density at radius 2 is 1.27 bits per heavy atom. The summed E-state index contributed by atoms with van der Waals surface area (Å²) in [6.45, 7) is 8.96. The summed E-state index contributed by atoms with van der Waals surface area (Å²) in [7, 11) is 3.00. The van der Waals surface area contributed by atoms with Crippen molar-refractivity contribution in [2.45, 2.75) is 84.5 Å². The summed E-state index contributed by atoms with van der Waals surface area (Å²) in [5, 5.41) is 37.1. The fourth-order valence-electron chi connectivity index (χ4n) is 6.25. The molecule has 0 unspecified atom stereocenters. The highest BCUT2D eigenvalue weighted by Gasteiger charge is 2.40. The van der Waals surface area contributed by atoms with Crippen LogP contribution in [0.3, 0.4) is 0 Å². The smallest absolute Gasteiger partial charge is 0.408 e. The molecule has 0 bridgehead atoms. The van der Waals surface area contributed by atoms with Crippen molar-refractivity contribution >= 4 is 29.5 Å². The number of anilines is 1. The zero-order chi connectivity index (χ0) is 43.1. The summed E-state index contributed by atoms with van der Waals surface area (Å²) in [6, 6.07) is 25.1. The van der Waals surface area contributed by atoms with Gasteiger partial charge in [0.15, 0.2) is 0 Å². The number of phenolic OH excluding ortho intramolecular Hbond substituents is 1. The molecule has 0 aliphatic rings. The zero-order valence-electron chi connectivity index (χ0n) is 34.7. The average Bonchev–Trinajstić information content (AvgIpc) is 3.21. The van der Waals surface area contributed by atoms with E-state index < -0.39 is 65.4 Å². The van der Waals surface area contributed by atoms with Gasteiger partial charge in [-0.05, 0) is 58.7 Å². The summed E-state index contributed by atoms with van der Waals surface area (Å²) in [6.07, 6.45) is -2.28. The second-order valence-electron chi connectivity index (χ2n) is 15.6. The number of amides is 4. The van der Waals surface area contributed by atoms with E-state index in [9.17, 15) is 29.4 Å². The summed E-state index contributed by atoms with van der Waals surface area (Å²) >= 11 is 0. The van der Waals surface area contributed by atoms with Crippen LogP contribution in [0.25, 0.3) is 0 Å². The van der Waals surface area contributed by atoms with Crippen molar-refractivity contribution in [3.05, 3.63) is 120 Å². The second kappa shape index (κ2) is 21.6. The lowest BCUT2D eigenvalue weighted by Gasteiger charge is -2.35. The number of alkyl carbamates (subject to hydrolysis) is 1. The number of benzene rings is 4. The van der Waals surface area contributed by atoms with Gasteiger partial charge in [0.05, 0.1) is 32.1 Å². The number of aliphatic hydroxyl groups is 1. The van der Waals surface area contributed by atoms with Gasteiger partial charge in [-0.25, -0.2) is 4.79 Å². The molecule has 5 atom stereocenters. The molecule has 0 spiro atoms. The van der Waals surface area contributed by atoms with Gasteiger partial charge in [-0.3, -0.25) is 19.7 Å². The molecule has 0 aromatic heterocycles. The highest BCUT2D eigenvalue weighted by atomic mass is 16.5. The molecular weight excluding hydrogens is 755 g/mol. The van der Waals surface area contributed by atoms with E-state index in [4.69, 9.17) is 14.2 Å². The number of aliphatic hydroxyl groups excluding tert-OH is 1. The molecule has 0 saturated heterocycles. The van der Waals surface area contributed by atoms with Crippen molar-refractivity contribution in [1.29, 1.82) is 0 Å². The van der Waals surface area contributed by atoms with Gasteiger partial charge >= 0.3 is 6.09 Å². The summed E-state index contributed by atoms with van der Waals surface area (Å²) in [4.78, 5) is 55.3. The van der Waals surface area contributed by atoms with Crippen LogP contribution in [0.5, 0.6) is 17.2 Å². The standard InChI is InChI=1S/C45H57N5O9/c1-28(2)37(41(53)47-34-23-22-33(58-7)25-36(34)51)49-42(54)38(46-26-30-18-20-32(57-6)21-19-30)39(52)35(24-29-14-10-8-11-15-29)48-43(55)40(45(3,4)5)50-44(56)59-27-31-16-12-9-13-17-31/h8-23,25,28,35,37-40,46,51-52H,24,26-27H2,1-7H3,(H,47,53)(H,48,55)(H,49,54)(H,50,56)/t35-,37-,38+,39+,40+/m0/s1. The molecule has 14 nitrogen and oxygen atoms in total. The van der Waals surface area contributed by atoms with Crippen LogP contribution in [0, 0.1) is 11.3 Å².